The van der Waals surface area contributed by atoms with Crippen LogP contribution in [0.3, 0.4) is 0 Å². The summed E-state index contributed by atoms with van der Waals surface area (Å²) >= 11 is 5.97. The number of nitrogens with one attached hydrogen (secondary N) is 2. The maximum atomic E-state index is 12.3. The molecule has 0 aliphatic heterocycles. The van der Waals surface area contributed by atoms with Gasteiger partial charge in [-0.1, -0.05) is 23.7 Å². The van der Waals surface area contributed by atoms with E-state index in [2.05, 4.69) is 15.6 Å². The van der Waals surface area contributed by atoms with E-state index < -0.39 is 0 Å². The van der Waals surface area contributed by atoms with E-state index in [1.807, 2.05) is 49.4 Å². The number of pyridine rings is 1. The number of hydrogen-bond donors (Lipinski definition) is 2. The minimum absolute atomic E-state index is 0.174. The van der Waals surface area contributed by atoms with Gasteiger partial charge in [-0.15, -0.1) is 0 Å². The van der Waals surface area contributed by atoms with Gasteiger partial charge < -0.3 is 15.4 Å². The number of ether oxygens (including phenoxy) is 1. The van der Waals surface area contributed by atoms with Crippen LogP contribution in [0.2, 0.25) is 5.02 Å². The van der Waals surface area contributed by atoms with Crippen molar-refractivity contribution in [3.05, 3.63) is 82.5 Å². The van der Waals surface area contributed by atoms with E-state index >= 15 is 0 Å². The molecular formula is C21H20ClN3O2. The Morgan fingerprint density at radius 3 is 2.52 bits per heavy atom. The highest BCUT2D eigenvalue weighted by molar-refractivity contribution is 6.30. The molecule has 1 amide bonds. The first kappa shape index (κ1) is 18.7. The number of rotatable bonds is 6. The molecule has 0 saturated carbocycles. The van der Waals surface area contributed by atoms with Gasteiger partial charge in [0.05, 0.1) is 12.7 Å². The lowest BCUT2D eigenvalue weighted by Crippen LogP contribution is -2.22. The normalized spacial score (nSPS) is 10.3. The number of anilines is 2. The summed E-state index contributed by atoms with van der Waals surface area (Å²) in [5, 5.41) is 6.79. The Kier molecular flexibility index (Phi) is 5.94. The molecular weight excluding hydrogens is 362 g/mol. The first-order valence-electron chi connectivity index (χ1n) is 8.45. The molecule has 0 bridgehead atoms. The van der Waals surface area contributed by atoms with Gasteiger partial charge in [0.2, 0.25) is 0 Å². The van der Waals surface area contributed by atoms with Crippen LogP contribution in [0.15, 0.2) is 60.8 Å². The molecule has 0 aliphatic rings. The first-order valence-corrected chi connectivity index (χ1v) is 8.83. The van der Waals surface area contributed by atoms with Gasteiger partial charge >= 0.3 is 0 Å². The molecule has 1 aromatic heterocycles. The van der Waals surface area contributed by atoms with Crippen molar-refractivity contribution in [2.24, 2.45) is 0 Å². The number of halogens is 1. The minimum atomic E-state index is -0.174. The van der Waals surface area contributed by atoms with Gasteiger partial charge in [-0.2, -0.15) is 0 Å². The van der Waals surface area contributed by atoms with Crippen LogP contribution in [-0.2, 0) is 6.54 Å². The molecule has 0 fully saturated rings. The van der Waals surface area contributed by atoms with Crippen LogP contribution in [0.25, 0.3) is 0 Å². The molecule has 27 heavy (non-hydrogen) atoms. The van der Waals surface area contributed by atoms with Crippen LogP contribution in [0, 0.1) is 6.92 Å². The molecule has 0 radical (unpaired) electrons. The third kappa shape index (κ3) is 4.99. The van der Waals surface area contributed by atoms with Crippen molar-refractivity contribution in [1.29, 1.82) is 0 Å². The predicted octanol–water partition coefficient (Wildman–Crippen LogP) is 4.73. The molecule has 1 heterocycles. The Morgan fingerprint density at radius 1 is 1.11 bits per heavy atom. The maximum absolute atomic E-state index is 12.3. The highest BCUT2D eigenvalue weighted by Crippen LogP contribution is 2.22. The van der Waals surface area contributed by atoms with Crippen molar-refractivity contribution in [3.8, 4) is 5.75 Å². The second kappa shape index (κ2) is 8.56. The van der Waals surface area contributed by atoms with Crippen molar-refractivity contribution in [2.75, 3.05) is 12.4 Å². The van der Waals surface area contributed by atoms with Crippen molar-refractivity contribution in [3.63, 3.8) is 0 Å². The van der Waals surface area contributed by atoms with Gasteiger partial charge in [-0.3, -0.25) is 4.79 Å². The van der Waals surface area contributed by atoms with Crippen LogP contribution in [0.4, 0.5) is 11.5 Å². The number of carbonyl (C=O) groups excluding carboxylic acids is 1. The smallest absolute Gasteiger partial charge is 0.253 e. The fourth-order valence-electron chi connectivity index (χ4n) is 2.54. The second-order valence-electron chi connectivity index (χ2n) is 6.05. The molecule has 3 aromatic rings. The van der Waals surface area contributed by atoms with Crippen LogP contribution in [0.5, 0.6) is 5.75 Å². The molecule has 3 rings (SSSR count). The van der Waals surface area contributed by atoms with Gasteiger partial charge in [-0.25, -0.2) is 4.98 Å². The lowest BCUT2D eigenvalue weighted by molar-refractivity contribution is 0.0950. The third-order valence-corrected chi connectivity index (χ3v) is 4.32. The molecule has 2 N–H and O–H groups in total. The number of amides is 1. The highest BCUT2D eigenvalue weighted by Gasteiger charge is 2.07. The summed E-state index contributed by atoms with van der Waals surface area (Å²) in [7, 11) is 1.62. The van der Waals surface area contributed by atoms with Crippen molar-refractivity contribution in [1.82, 2.24) is 10.3 Å². The molecule has 0 saturated heterocycles. The predicted molar refractivity (Wildman–Crippen MR) is 108 cm³/mol. The summed E-state index contributed by atoms with van der Waals surface area (Å²) < 4.78 is 5.12. The summed E-state index contributed by atoms with van der Waals surface area (Å²) in [5.74, 6) is 1.27. The summed E-state index contributed by atoms with van der Waals surface area (Å²) in [6.45, 7) is 2.40. The number of methoxy groups -OCH3 is 1. The fraction of sp³-hybridized carbons (Fsp3) is 0.143. The van der Waals surface area contributed by atoms with Gasteiger partial charge in [0, 0.05) is 23.5 Å². The van der Waals surface area contributed by atoms with E-state index in [1.165, 1.54) is 0 Å². The summed E-state index contributed by atoms with van der Waals surface area (Å²) in [4.78, 5) is 16.6. The largest absolute Gasteiger partial charge is 0.497 e. The fourth-order valence-corrected chi connectivity index (χ4v) is 2.76. The third-order valence-electron chi connectivity index (χ3n) is 4.09. The van der Waals surface area contributed by atoms with E-state index in [4.69, 9.17) is 16.3 Å². The second-order valence-corrected chi connectivity index (χ2v) is 6.48. The quantitative estimate of drug-likeness (QED) is 0.648. The Hall–Kier alpha value is -3.05. The lowest BCUT2D eigenvalue weighted by atomic mass is 10.2. The molecule has 0 unspecified atom stereocenters. The average molecular weight is 382 g/mol. The van der Waals surface area contributed by atoms with E-state index in [0.717, 1.165) is 22.6 Å². The van der Waals surface area contributed by atoms with Gasteiger partial charge in [0.1, 0.15) is 11.6 Å². The Labute approximate surface area is 163 Å². The zero-order chi connectivity index (χ0) is 19.2. The Bertz CT molecular complexity index is 925. The number of aromatic nitrogens is 1. The standard InChI is InChI=1S/C21H20ClN3O2/c1-14-11-17(22)6-9-19(14)25-20-10-5-16(13-23-20)21(26)24-12-15-3-7-18(27-2)8-4-15/h3-11,13H,12H2,1-2H3,(H,23,25)(H,24,26). The van der Waals surface area contributed by atoms with E-state index in [9.17, 15) is 4.79 Å². The van der Waals surface area contributed by atoms with E-state index in [1.54, 1.807) is 25.4 Å². The van der Waals surface area contributed by atoms with Crippen LogP contribution in [-0.4, -0.2) is 18.0 Å². The molecule has 138 valence electrons. The van der Waals surface area contributed by atoms with E-state index in [0.29, 0.717) is 22.9 Å². The highest BCUT2D eigenvalue weighted by atomic mass is 35.5. The number of carbonyl (C=O) groups is 1. The number of aryl methyl sites for hydroxylation is 1. The Balaban J connectivity index is 1.59. The topological polar surface area (TPSA) is 63.2 Å². The summed E-state index contributed by atoms with van der Waals surface area (Å²) in [6.07, 6.45) is 1.55. The molecule has 2 aromatic carbocycles. The zero-order valence-electron chi connectivity index (χ0n) is 15.1. The lowest BCUT2D eigenvalue weighted by Gasteiger charge is -2.10. The molecule has 0 aliphatic carbocycles. The number of hydrogen-bond acceptors (Lipinski definition) is 4. The maximum Gasteiger partial charge on any atom is 0.253 e. The van der Waals surface area contributed by atoms with Gasteiger partial charge in [0.15, 0.2) is 0 Å². The summed E-state index contributed by atoms with van der Waals surface area (Å²) in [6, 6.07) is 16.7. The first-order chi connectivity index (χ1) is 13.0. The molecule has 0 atom stereocenters. The van der Waals surface area contributed by atoms with Crippen LogP contribution in [0.1, 0.15) is 21.5 Å². The molecule has 5 nitrogen and oxygen atoms in total. The van der Waals surface area contributed by atoms with Gasteiger partial charge in [-0.05, 0) is 60.5 Å². The van der Waals surface area contributed by atoms with Gasteiger partial charge in [0.25, 0.3) is 5.91 Å². The summed E-state index contributed by atoms with van der Waals surface area (Å²) in [5.41, 5.74) is 3.43. The SMILES string of the molecule is COc1ccc(CNC(=O)c2ccc(Nc3ccc(Cl)cc3C)nc2)cc1. The Morgan fingerprint density at radius 2 is 1.89 bits per heavy atom. The van der Waals surface area contributed by atoms with Crippen molar-refractivity contribution >= 4 is 29.0 Å². The van der Waals surface area contributed by atoms with Crippen molar-refractivity contribution in [2.45, 2.75) is 13.5 Å². The monoisotopic (exact) mass is 381 g/mol. The van der Waals surface area contributed by atoms with Crippen molar-refractivity contribution < 1.29 is 9.53 Å². The van der Waals surface area contributed by atoms with Crippen LogP contribution < -0.4 is 15.4 Å². The van der Waals surface area contributed by atoms with E-state index in [-0.39, 0.29) is 5.91 Å². The number of nitrogens with zero attached hydrogens (tertiary/aromatic N) is 1. The average Bonchev–Trinajstić information content (AvgIpc) is 2.69. The molecule has 0 spiro atoms. The zero-order valence-corrected chi connectivity index (χ0v) is 15.9. The molecule has 6 heteroatoms. The number of benzene rings is 2. The minimum Gasteiger partial charge on any atom is -0.497 e. The van der Waals surface area contributed by atoms with Crippen LogP contribution >= 0.6 is 11.6 Å².